The summed E-state index contributed by atoms with van der Waals surface area (Å²) in [5.74, 6) is 0.268. The van der Waals surface area contributed by atoms with Crippen LogP contribution < -0.4 is 16.0 Å². The van der Waals surface area contributed by atoms with Crippen LogP contribution in [0.4, 0.5) is 15.9 Å². The number of hydrogen-bond acceptors (Lipinski definition) is 6. The van der Waals surface area contributed by atoms with Gasteiger partial charge in [-0.2, -0.15) is 14.8 Å². The van der Waals surface area contributed by atoms with E-state index in [1.165, 1.54) is 12.1 Å². The summed E-state index contributed by atoms with van der Waals surface area (Å²) in [4.78, 5) is 23.5. The first-order valence-electron chi connectivity index (χ1n) is 10.4. The molecule has 5 rings (SSSR count). The second-order valence-electron chi connectivity index (χ2n) is 7.84. The molecule has 2 aromatic carbocycles. The SMILES string of the molecule is CN1CCCc2nc(-n3ncc4c(C(N)=O)cccc43)nc(NCc3cccc(F)c3)c21. The molecule has 1 aliphatic rings. The zero-order valence-electron chi connectivity index (χ0n) is 17.5. The van der Waals surface area contributed by atoms with Gasteiger partial charge in [-0.15, -0.1) is 0 Å². The summed E-state index contributed by atoms with van der Waals surface area (Å²) in [5, 5.41) is 8.44. The van der Waals surface area contributed by atoms with E-state index >= 15 is 0 Å². The van der Waals surface area contributed by atoms with E-state index in [9.17, 15) is 9.18 Å². The molecule has 0 fully saturated rings. The van der Waals surface area contributed by atoms with E-state index in [0.717, 1.165) is 36.3 Å². The lowest BCUT2D eigenvalue weighted by Crippen LogP contribution is -2.28. The van der Waals surface area contributed by atoms with E-state index in [1.807, 2.05) is 19.2 Å². The number of nitrogens with zero attached hydrogens (tertiary/aromatic N) is 5. The summed E-state index contributed by atoms with van der Waals surface area (Å²) in [7, 11) is 2.01. The number of nitrogens with one attached hydrogen (secondary N) is 1. The molecule has 1 amide bonds. The number of fused-ring (bicyclic) bond motifs is 2. The van der Waals surface area contributed by atoms with E-state index in [4.69, 9.17) is 15.7 Å². The van der Waals surface area contributed by atoms with Crippen molar-refractivity contribution in [3.63, 3.8) is 0 Å². The smallest absolute Gasteiger partial charge is 0.253 e. The number of hydrogen-bond donors (Lipinski definition) is 2. The summed E-state index contributed by atoms with van der Waals surface area (Å²) in [5.41, 5.74) is 9.27. The van der Waals surface area contributed by atoms with Crippen LogP contribution in [0.5, 0.6) is 0 Å². The average molecular weight is 431 g/mol. The number of nitrogens with two attached hydrogens (primary N) is 1. The van der Waals surface area contributed by atoms with Crippen LogP contribution in [-0.2, 0) is 13.0 Å². The normalized spacial score (nSPS) is 13.2. The molecule has 2 aromatic heterocycles. The number of amides is 1. The molecule has 3 heterocycles. The molecule has 4 aromatic rings. The third kappa shape index (κ3) is 3.51. The maximum absolute atomic E-state index is 13.6. The van der Waals surface area contributed by atoms with Gasteiger partial charge in [-0.1, -0.05) is 18.2 Å². The van der Waals surface area contributed by atoms with Crippen LogP contribution in [0, 0.1) is 5.82 Å². The van der Waals surface area contributed by atoms with Gasteiger partial charge in [-0.25, -0.2) is 9.37 Å². The van der Waals surface area contributed by atoms with Crippen molar-refractivity contribution in [2.24, 2.45) is 5.73 Å². The van der Waals surface area contributed by atoms with Crippen LogP contribution in [-0.4, -0.2) is 39.2 Å². The zero-order valence-corrected chi connectivity index (χ0v) is 17.5. The van der Waals surface area contributed by atoms with E-state index in [2.05, 4.69) is 15.3 Å². The van der Waals surface area contributed by atoms with E-state index in [0.29, 0.717) is 34.8 Å². The van der Waals surface area contributed by atoms with Crippen molar-refractivity contribution in [3.05, 3.63) is 71.3 Å². The third-order valence-electron chi connectivity index (χ3n) is 5.65. The Labute approximate surface area is 183 Å². The van der Waals surface area contributed by atoms with Gasteiger partial charge in [0, 0.05) is 25.5 Å². The van der Waals surface area contributed by atoms with Crippen LogP contribution in [0.25, 0.3) is 16.9 Å². The predicted octanol–water partition coefficient (Wildman–Crippen LogP) is 3.05. The van der Waals surface area contributed by atoms with Crippen LogP contribution in [0.1, 0.15) is 28.0 Å². The molecular weight excluding hydrogens is 409 g/mol. The average Bonchev–Trinajstić information content (AvgIpc) is 3.21. The number of benzene rings is 2. The summed E-state index contributed by atoms with van der Waals surface area (Å²) >= 11 is 0. The van der Waals surface area contributed by atoms with Crippen LogP contribution in [0.2, 0.25) is 0 Å². The first-order chi connectivity index (χ1) is 15.5. The molecule has 9 heteroatoms. The van der Waals surface area contributed by atoms with Gasteiger partial charge >= 0.3 is 0 Å². The lowest BCUT2D eigenvalue weighted by atomic mass is 10.1. The van der Waals surface area contributed by atoms with Crippen molar-refractivity contribution < 1.29 is 9.18 Å². The van der Waals surface area contributed by atoms with Gasteiger partial charge in [0.2, 0.25) is 5.91 Å². The molecule has 0 spiro atoms. The fourth-order valence-electron chi connectivity index (χ4n) is 4.14. The van der Waals surface area contributed by atoms with E-state index in [1.54, 1.807) is 29.1 Å². The van der Waals surface area contributed by atoms with Crippen molar-refractivity contribution in [2.45, 2.75) is 19.4 Å². The molecule has 0 aliphatic carbocycles. The third-order valence-corrected chi connectivity index (χ3v) is 5.65. The van der Waals surface area contributed by atoms with Gasteiger partial charge in [-0.05, 0) is 42.7 Å². The second kappa shape index (κ2) is 7.92. The number of carbonyl (C=O) groups is 1. The van der Waals surface area contributed by atoms with Crippen molar-refractivity contribution >= 4 is 28.3 Å². The van der Waals surface area contributed by atoms with E-state index < -0.39 is 5.91 Å². The lowest BCUT2D eigenvalue weighted by Gasteiger charge is -2.29. The number of aromatic nitrogens is 4. The van der Waals surface area contributed by atoms with Gasteiger partial charge in [0.05, 0.1) is 23.0 Å². The Kier molecular flexibility index (Phi) is 4.93. The minimum atomic E-state index is -0.513. The Morgan fingerprint density at radius 2 is 2.06 bits per heavy atom. The van der Waals surface area contributed by atoms with Gasteiger partial charge < -0.3 is 16.0 Å². The highest BCUT2D eigenvalue weighted by atomic mass is 19.1. The minimum absolute atomic E-state index is 0.278. The second-order valence-corrected chi connectivity index (χ2v) is 7.84. The standard InChI is InChI=1S/C23H22FN7O/c1-30-10-4-8-18-20(30)22(26-12-14-5-2-6-15(24)11-14)29-23(28-18)31-19-9-3-7-16(21(25)32)17(19)13-27-31/h2-3,5-7,9,11,13H,4,8,10,12H2,1H3,(H2,25,32)(H,26,28,29). The maximum atomic E-state index is 13.6. The zero-order chi connectivity index (χ0) is 22.2. The molecule has 0 unspecified atom stereocenters. The molecule has 3 N–H and O–H groups in total. The Balaban J connectivity index is 1.60. The van der Waals surface area contributed by atoms with Crippen molar-refractivity contribution in [3.8, 4) is 5.95 Å². The highest BCUT2D eigenvalue weighted by molar-refractivity contribution is 6.05. The number of anilines is 2. The maximum Gasteiger partial charge on any atom is 0.253 e. The molecule has 32 heavy (non-hydrogen) atoms. The molecule has 0 saturated carbocycles. The highest BCUT2D eigenvalue weighted by Gasteiger charge is 2.23. The van der Waals surface area contributed by atoms with Crippen LogP contribution in [0.3, 0.4) is 0 Å². The number of halogens is 1. The van der Waals surface area contributed by atoms with Crippen LogP contribution in [0.15, 0.2) is 48.7 Å². The molecule has 8 nitrogen and oxygen atoms in total. The van der Waals surface area contributed by atoms with Gasteiger partial charge in [-0.3, -0.25) is 4.79 Å². The number of carbonyl (C=O) groups excluding carboxylic acids is 1. The molecule has 0 bridgehead atoms. The minimum Gasteiger partial charge on any atom is -0.370 e. The first kappa shape index (κ1) is 19.9. The van der Waals surface area contributed by atoms with Crippen LogP contribution >= 0.6 is 0 Å². The van der Waals surface area contributed by atoms with Gasteiger partial charge in [0.15, 0.2) is 5.82 Å². The molecule has 0 radical (unpaired) electrons. The predicted molar refractivity (Wildman–Crippen MR) is 120 cm³/mol. The van der Waals surface area contributed by atoms with Gasteiger partial charge in [0.1, 0.15) is 11.5 Å². The molecule has 0 saturated heterocycles. The Bertz CT molecular complexity index is 1330. The largest absolute Gasteiger partial charge is 0.370 e. The topological polar surface area (TPSA) is 102 Å². The summed E-state index contributed by atoms with van der Waals surface area (Å²) in [6.45, 7) is 1.32. The van der Waals surface area contributed by atoms with Crippen molar-refractivity contribution in [1.29, 1.82) is 0 Å². The number of rotatable bonds is 5. The lowest BCUT2D eigenvalue weighted by molar-refractivity contribution is 0.100. The quantitative estimate of drug-likeness (QED) is 0.504. The Morgan fingerprint density at radius 1 is 1.22 bits per heavy atom. The molecule has 162 valence electrons. The van der Waals surface area contributed by atoms with Crippen molar-refractivity contribution in [1.82, 2.24) is 19.7 Å². The molecule has 0 atom stereocenters. The van der Waals surface area contributed by atoms with Crippen molar-refractivity contribution in [2.75, 3.05) is 23.8 Å². The first-order valence-corrected chi connectivity index (χ1v) is 10.4. The monoisotopic (exact) mass is 431 g/mol. The number of primary amides is 1. The molecular formula is C23H22FN7O. The van der Waals surface area contributed by atoms with E-state index in [-0.39, 0.29) is 5.82 Å². The summed E-state index contributed by atoms with van der Waals surface area (Å²) in [6, 6.07) is 11.7. The fraction of sp³-hybridized carbons (Fsp3) is 0.217. The fourth-order valence-corrected chi connectivity index (χ4v) is 4.14. The Hall–Kier alpha value is -4.01. The Morgan fingerprint density at radius 3 is 2.88 bits per heavy atom. The highest BCUT2D eigenvalue weighted by Crippen LogP contribution is 2.33. The summed E-state index contributed by atoms with van der Waals surface area (Å²) in [6.07, 6.45) is 3.40. The summed E-state index contributed by atoms with van der Waals surface area (Å²) < 4.78 is 15.2. The van der Waals surface area contributed by atoms with Gasteiger partial charge in [0.25, 0.3) is 5.95 Å². The number of aryl methyl sites for hydroxylation is 1. The molecule has 1 aliphatic heterocycles.